The Bertz CT molecular complexity index is 368. The highest BCUT2D eigenvalue weighted by molar-refractivity contribution is 5.36. The summed E-state index contributed by atoms with van der Waals surface area (Å²) in [6.07, 6.45) is 1.96. The number of rotatable bonds is 4. The summed E-state index contributed by atoms with van der Waals surface area (Å²) in [5.41, 5.74) is 1.19. The van der Waals surface area contributed by atoms with Crippen molar-refractivity contribution in [2.45, 2.75) is 13.8 Å². The molecule has 0 heterocycles. The summed E-state index contributed by atoms with van der Waals surface area (Å²) in [4.78, 5) is 9.95. The van der Waals surface area contributed by atoms with Crippen molar-refractivity contribution in [3.05, 3.63) is 46.0 Å². The van der Waals surface area contributed by atoms with Crippen molar-refractivity contribution in [1.29, 1.82) is 0 Å². The van der Waals surface area contributed by atoms with Gasteiger partial charge in [0.05, 0.1) is 4.92 Å². The number of hydrogen-bond donors (Lipinski definition) is 0. The Morgan fingerprint density at radius 3 is 2.53 bits per heavy atom. The van der Waals surface area contributed by atoms with Gasteiger partial charge in [0.15, 0.2) is 0 Å². The second-order valence-electron chi connectivity index (χ2n) is 3.17. The first-order chi connectivity index (χ1) is 7.13. The molecule has 0 spiro atoms. The number of allylic oxidation sites excluding steroid dienone is 1. The van der Waals surface area contributed by atoms with E-state index in [0.29, 0.717) is 12.4 Å². The molecular formula is C11H13NO3. The molecule has 1 aromatic rings. The van der Waals surface area contributed by atoms with Crippen LogP contribution in [-0.2, 0) is 0 Å². The summed E-state index contributed by atoms with van der Waals surface area (Å²) in [5, 5.41) is 10.4. The molecule has 0 aliphatic carbocycles. The predicted octanol–water partition coefficient (Wildman–Crippen LogP) is 2.94. The van der Waals surface area contributed by atoms with E-state index in [0.717, 1.165) is 5.57 Å². The number of non-ortho nitro benzene ring substituents is 1. The second-order valence-corrected chi connectivity index (χ2v) is 3.17. The smallest absolute Gasteiger partial charge is 0.269 e. The van der Waals surface area contributed by atoms with E-state index in [2.05, 4.69) is 0 Å². The number of ether oxygens (including phenoxy) is 1. The number of hydrogen-bond acceptors (Lipinski definition) is 3. The van der Waals surface area contributed by atoms with E-state index in [9.17, 15) is 10.1 Å². The Balaban J connectivity index is 2.61. The number of nitrogens with zero attached hydrogens (tertiary/aromatic N) is 1. The van der Waals surface area contributed by atoms with Crippen LogP contribution in [0.25, 0.3) is 0 Å². The summed E-state index contributed by atoms with van der Waals surface area (Å²) in [6.45, 7) is 4.41. The number of nitro groups is 1. The molecule has 0 aliphatic heterocycles. The largest absolute Gasteiger partial charge is 0.489 e. The Morgan fingerprint density at radius 1 is 1.47 bits per heavy atom. The highest BCUT2D eigenvalue weighted by Gasteiger charge is 2.03. The van der Waals surface area contributed by atoms with Crippen molar-refractivity contribution in [2.24, 2.45) is 0 Å². The molecule has 0 amide bonds. The van der Waals surface area contributed by atoms with Crippen LogP contribution >= 0.6 is 0 Å². The first-order valence-electron chi connectivity index (χ1n) is 4.62. The standard InChI is InChI=1S/C11H13NO3/c1-3-9(2)8-15-11-6-4-10(5-7-11)12(13)14/h3-7H,8H2,1-2H3/b9-3+. The maximum Gasteiger partial charge on any atom is 0.269 e. The molecule has 80 valence electrons. The molecule has 0 saturated heterocycles. The van der Waals surface area contributed by atoms with E-state index in [-0.39, 0.29) is 5.69 Å². The van der Waals surface area contributed by atoms with Crippen LogP contribution in [0.1, 0.15) is 13.8 Å². The lowest BCUT2D eigenvalue weighted by Gasteiger charge is -2.05. The lowest BCUT2D eigenvalue weighted by Crippen LogP contribution is -1.98. The molecule has 0 N–H and O–H groups in total. The average molecular weight is 207 g/mol. The molecule has 0 aliphatic rings. The molecule has 0 atom stereocenters. The van der Waals surface area contributed by atoms with Crippen LogP contribution in [0.2, 0.25) is 0 Å². The van der Waals surface area contributed by atoms with E-state index >= 15 is 0 Å². The quantitative estimate of drug-likeness (QED) is 0.433. The summed E-state index contributed by atoms with van der Waals surface area (Å²) in [5.74, 6) is 0.641. The molecule has 0 unspecified atom stereocenters. The molecule has 0 bridgehead atoms. The predicted molar refractivity (Wildman–Crippen MR) is 58.0 cm³/mol. The van der Waals surface area contributed by atoms with Gasteiger partial charge in [0.1, 0.15) is 12.4 Å². The molecule has 15 heavy (non-hydrogen) atoms. The molecule has 0 fully saturated rings. The Kier molecular flexibility index (Phi) is 3.85. The van der Waals surface area contributed by atoms with Gasteiger partial charge < -0.3 is 4.74 Å². The van der Waals surface area contributed by atoms with E-state index < -0.39 is 4.92 Å². The van der Waals surface area contributed by atoms with Gasteiger partial charge >= 0.3 is 0 Å². The van der Waals surface area contributed by atoms with Gasteiger partial charge in [-0.05, 0) is 31.6 Å². The van der Waals surface area contributed by atoms with Gasteiger partial charge in [-0.2, -0.15) is 0 Å². The maximum absolute atomic E-state index is 10.4. The maximum atomic E-state index is 10.4. The van der Waals surface area contributed by atoms with Crippen LogP contribution in [0.4, 0.5) is 5.69 Å². The lowest BCUT2D eigenvalue weighted by molar-refractivity contribution is -0.384. The number of nitro benzene ring substituents is 1. The zero-order valence-electron chi connectivity index (χ0n) is 8.77. The second kappa shape index (κ2) is 5.14. The van der Waals surface area contributed by atoms with Crippen LogP contribution in [0.15, 0.2) is 35.9 Å². The molecular weight excluding hydrogens is 194 g/mol. The molecule has 4 nitrogen and oxygen atoms in total. The monoisotopic (exact) mass is 207 g/mol. The summed E-state index contributed by atoms with van der Waals surface area (Å²) < 4.78 is 5.40. The fourth-order valence-corrected chi connectivity index (χ4v) is 0.945. The average Bonchev–Trinajstić information content (AvgIpc) is 2.26. The van der Waals surface area contributed by atoms with E-state index in [1.807, 2.05) is 19.9 Å². The Labute approximate surface area is 88.3 Å². The van der Waals surface area contributed by atoms with Crippen LogP contribution in [0.5, 0.6) is 5.75 Å². The highest BCUT2D eigenvalue weighted by atomic mass is 16.6. The minimum Gasteiger partial charge on any atom is -0.489 e. The van der Waals surface area contributed by atoms with E-state index in [4.69, 9.17) is 4.74 Å². The summed E-state index contributed by atoms with van der Waals surface area (Å²) in [6, 6.07) is 6.06. The third-order valence-electron chi connectivity index (χ3n) is 2.01. The topological polar surface area (TPSA) is 52.4 Å². The van der Waals surface area contributed by atoms with E-state index in [1.165, 1.54) is 12.1 Å². The lowest BCUT2D eigenvalue weighted by atomic mass is 10.3. The summed E-state index contributed by atoms with van der Waals surface area (Å²) >= 11 is 0. The Hall–Kier alpha value is -1.84. The zero-order chi connectivity index (χ0) is 11.3. The third-order valence-corrected chi connectivity index (χ3v) is 2.01. The van der Waals surface area contributed by atoms with Crippen LogP contribution in [-0.4, -0.2) is 11.5 Å². The van der Waals surface area contributed by atoms with Crippen molar-refractivity contribution >= 4 is 5.69 Å². The number of benzene rings is 1. The van der Waals surface area contributed by atoms with Crippen molar-refractivity contribution < 1.29 is 9.66 Å². The van der Waals surface area contributed by atoms with Gasteiger partial charge in [-0.15, -0.1) is 0 Å². The van der Waals surface area contributed by atoms with Gasteiger partial charge in [-0.25, -0.2) is 0 Å². The molecule has 1 rings (SSSR count). The van der Waals surface area contributed by atoms with Crippen LogP contribution in [0.3, 0.4) is 0 Å². The molecule has 1 aromatic carbocycles. The first kappa shape index (κ1) is 11.2. The normalized spacial score (nSPS) is 11.2. The first-order valence-corrected chi connectivity index (χ1v) is 4.62. The molecule has 0 saturated carbocycles. The van der Waals surface area contributed by atoms with Gasteiger partial charge in [0.25, 0.3) is 5.69 Å². The zero-order valence-corrected chi connectivity index (χ0v) is 8.77. The van der Waals surface area contributed by atoms with Crippen molar-refractivity contribution in [2.75, 3.05) is 6.61 Å². The van der Waals surface area contributed by atoms with Crippen LogP contribution < -0.4 is 4.74 Å². The van der Waals surface area contributed by atoms with Crippen molar-refractivity contribution in [3.63, 3.8) is 0 Å². The Morgan fingerprint density at radius 2 is 2.07 bits per heavy atom. The SMILES string of the molecule is C/C=C(\C)COc1ccc([N+](=O)[O-])cc1. The molecule has 0 aromatic heterocycles. The highest BCUT2D eigenvalue weighted by Crippen LogP contribution is 2.17. The van der Waals surface area contributed by atoms with Crippen LogP contribution in [0, 0.1) is 10.1 Å². The summed E-state index contributed by atoms with van der Waals surface area (Å²) in [7, 11) is 0. The fourth-order valence-electron chi connectivity index (χ4n) is 0.945. The molecule has 4 heteroatoms. The minimum atomic E-state index is -0.430. The fraction of sp³-hybridized carbons (Fsp3) is 0.273. The molecule has 0 radical (unpaired) electrons. The van der Waals surface area contributed by atoms with Crippen molar-refractivity contribution in [1.82, 2.24) is 0 Å². The van der Waals surface area contributed by atoms with Gasteiger partial charge in [0.2, 0.25) is 0 Å². The van der Waals surface area contributed by atoms with Crippen molar-refractivity contribution in [3.8, 4) is 5.75 Å². The van der Waals surface area contributed by atoms with E-state index in [1.54, 1.807) is 12.1 Å². The van der Waals surface area contributed by atoms with Gasteiger partial charge in [-0.1, -0.05) is 6.08 Å². The van der Waals surface area contributed by atoms with Gasteiger partial charge in [-0.3, -0.25) is 10.1 Å². The van der Waals surface area contributed by atoms with Gasteiger partial charge in [0, 0.05) is 12.1 Å². The third kappa shape index (κ3) is 3.42. The minimum absolute atomic E-state index is 0.0742.